The first-order valence-electron chi connectivity index (χ1n) is 5.59. The van der Waals surface area contributed by atoms with Crippen LogP contribution in [0.25, 0.3) is 0 Å². The molecule has 4 nitrogen and oxygen atoms in total. The zero-order chi connectivity index (χ0) is 13.0. The number of amides is 1. The minimum absolute atomic E-state index is 0.0455. The number of aliphatic hydroxyl groups excluding tert-OH is 2. The Morgan fingerprint density at radius 2 is 2.00 bits per heavy atom. The summed E-state index contributed by atoms with van der Waals surface area (Å²) < 4.78 is 0. The molecule has 2 unspecified atom stereocenters. The van der Waals surface area contributed by atoms with Gasteiger partial charge in [-0.25, -0.2) is 0 Å². The summed E-state index contributed by atoms with van der Waals surface area (Å²) in [6.07, 6.45) is -1.99. The van der Waals surface area contributed by atoms with Gasteiger partial charge in [-0.2, -0.15) is 0 Å². The quantitative estimate of drug-likeness (QED) is 0.726. The zero-order valence-electron chi connectivity index (χ0n) is 10.4. The summed E-state index contributed by atoms with van der Waals surface area (Å²) >= 11 is 0. The molecular formula is C13H19NO3. The summed E-state index contributed by atoms with van der Waals surface area (Å²) in [7, 11) is 0. The third kappa shape index (κ3) is 3.84. The summed E-state index contributed by atoms with van der Waals surface area (Å²) in [4.78, 5) is 10.7. The lowest BCUT2D eigenvalue weighted by Crippen LogP contribution is -2.34. The number of rotatable bonds is 4. The molecule has 17 heavy (non-hydrogen) atoms. The van der Waals surface area contributed by atoms with E-state index in [0.717, 1.165) is 11.1 Å². The van der Waals surface area contributed by atoms with Crippen molar-refractivity contribution in [2.45, 2.75) is 33.0 Å². The van der Waals surface area contributed by atoms with E-state index in [1.165, 1.54) is 6.92 Å². The van der Waals surface area contributed by atoms with E-state index in [1.807, 2.05) is 32.0 Å². The fourth-order valence-electron chi connectivity index (χ4n) is 1.65. The average molecular weight is 237 g/mol. The topological polar surface area (TPSA) is 69.6 Å². The van der Waals surface area contributed by atoms with Crippen LogP contribution in [0.3, 0.4) is 0 Å². The molecule has 3 N–H and O–H groups in total. The molecule has 4 heteroatoms. The SMILES string of the molecule is CC(=O)NCC(O)C(O)c1cc(C)ccc1C. The summed E-state index contributed by atoms with van der Waals surface area (Å²) in [6, 6.07) is 5.70. The molecule has 0 saturated carbocycles. The number of carbonyl (C=O) groups excluding carboxylic acids is 1. The average Bonchev–Trinajstić information content (AvgIpc) is 2.28. The van der Waals surface area contributed by atoms with Crippen LogP contribution < -0.4 is 5.32 Å². The summed E-state index contributed by atoms with van der Waals surface area (Å²) in [5, 5.41) is 22.3. The lowest BCUT2D eigenvalue weighted by atomic mass is 9.97. The van der Waals surface area contributed by atoms with E-state index in [4.69, 9.17) is 0 Å². The van der Waals surface area contributed by atoms with Crippen molar-refractivity contribution in [1.82, 2.24) is 5.32 Å². The molecule has 0 aromatic heterocycles. The Bertz CT molecular complexity index is 404. The highest BCUT2D eigenvalue weighted by molar-refractivity contribution is 5.72. The third-order valence-electron chi connectivity index (χ3n) is 2.68. The van der Waals surface area contributed by atoms with Crippen LogP contribution in [0.4, 0.5) is 0 Å². The molecule has 1 aromatic rings. The number of aryl methyl sites for hydroxylation is 2. The van der Waals surface area contributed by atoms with Crippen LogP contribution in [0.5, 0.6) is 0 Å². The van der Waals surface area contributed by atoms with Gasteiger partial charge >= 0.3 is 0 Å². The molecule has 0 spiro atoms. The first-order chi connectivity index (χ1) is 7.91. The number of benzene rings is 1. The van der Waals surface area contributed by atoms with Crippen molar-refractivity contribution < 1.29 is 15.0 Å². The smallest absolute Gasteiger partial charge is 0.216 e. The van der Waals surface area contributed by atoms with Crippen LogP contribution in [0, 0.1) is 13.8 Å². The molecule has 2 atom stereocenters. The van der Waals surface area contributed by atoms with E-state index in [1.54, 1.807) is 0 Å². The number of aliphatic hydroxyl groups is 2. The molecule has 1 aromatic carbocycles. The van der Waals surface area contributed by atoms with Gasteiger partial charge in [-0.15, -0.1) is 0 Å². The van der Waals surface area contributed by atoms with Crippen LogP contribution in [0.1, 0.15) is 29.7 Å². The normalized spacial score (nSPS) is 14.2. The molecule has 1 amide bonds. The van der Waals surface area contributed by atoms with E-state index in [-0.39, 0.29) is 12.5 Å². The summed E-state index contributed by atoms with van der Waals surface area (Å²) in [6.45, 7) is 5.22. The molecule has 0 saturated heterocycles. The van der Waals surface area contributed by atoms with Crippen LogP contribution in [-0.4, -0.2) is 28.8 Å². The zero-order valence-corrected chi connectivity index (χ0v) is 10.4. The molecule has 0 fully saturated rings. The number of hydrogen-bond donors (Lipinski definition) is 3. The Morgan fingerprint density at radius 1 is 1.35 bits per heavy atom. The summed E-state index contributed by atoms with van der Waals surface area (Å²) in [5.74, 6) is -0.225. The molecule has 0 aliphatic rings. The van der Waals surface area contributed by atoms with E-state index in [9.17, 15) is 15.0 Å². The maximum Gasteiger partial charge on any atom is 0.216 e. The Hall–Kier alpha value is -1.39. The second-order valence-electron chi connectivity index (χ2n) is 4.31. The third-order valence-corrected chi connectivity index (χ3v) is 2.68. The number of carbonyl (C=O) groups is 1. The van der Waals surface area contributed by atoms with Crippen molar-refractivity contribution in [3.05, 3.63) is 34.9 Å². The maximum absolute atomic E-state index is 10.7. The van der Waals surface area contributed by atoms with Gasteiger partial charge in [0.15, 0.2) is 0 Å². The van der Waals surface area contributed by atoms with Crippen molar-refractivity contribution >= 4 is 5.91 Å². The lowest BCUT2D eigenvalue weighted by Gasteiger charge is -2.20. The van der Waals surface area contributed by atoms with Gasteiger partial charge in [-0.1, -0.05) is 23.8 Å². The summed E-state index contributed by atoms with van der Waals surface area (Å²) in [5.41, 5.74) is 2.64. The highest BCUT2D eigenvalue weighted by Crippen LogP contribution is 2.21. The van der Waals surface area contributed by atoms with Crippen LogP contribution >= 0.6 is 0 Å². The maximum atomic E-state index is 10.7. The second-order valence-corrected chi connectivity index (χ2v) is 4.31. The van der Waals surface area contributed by atoms with Crippen molar-refractivity contribution in [1.29, 1.82) is 0 Å². The van der Waals surface area contributed by atoms with Crippen molar-refractivity contribution in [3.63, 3.8) is 0 Å². The Kier molecular flexibility index (Phi) is 4.66. The molecular weight excluding hydrogens is 218 g/mol. The lowest BCUT2D eigenvalue weighted by molar-refractivity contribution is -0.119. The van der Waals surface area contributed by atoms with Gasteiger partial charge in [-0.05, 0) is 25.0 Å². The molecule has 0 aliphatic carbocycles. The predicted molar refractivity (Wildman–Crippen MR) is 65.6 cm³/mol. The fourth-order valence-corrected chi connectivity index (χ4v) is 1.65. The van der Waals surface area contributed by atoms with Gasteiger partial charge in [0.2, 0.25) is 5.91 Å². The minimum atomic E-state index is -1.00. The van der Waals surface area contributed by atoms with E-state index in [2.05, 4.69) is 5.32 Å². The standard InChI is InChI=1S/C13H19NO3/c1-8-4-5-9(2)11(6-8)13(17)12(16)7-14-10(3)15/h4-6,12-13,16-17H,7H2,1-3H3,(H,14,15). The first-order valence-corrected chi connectivity index (χ1v) is 5.59. The van der Waals surface area contributed by atoms with Gasteiger partial charge in [0.1, 0.15) is 12.2 Å². The van der Waals surface area contributed by atoms with Crippen LogP contribution in [-0.2, 0) is 4.79 Å². The number of nitrogens with one attached hydrogen (secondary N) is 1. The molecule has 0 bridgehead atoms. The minimum Gasteiger partial charge on any atom is -0.388 e. The van der Waals surface area contributed by atoms with Crippen molar-refractivity contribution in [3.8, 4) is 0 Å². The van der Waals surface area contributed by atoms with Gasteiger partial charge in [-0.3, -0.25) is 4.79 Å². The number of hydrogen-bond acceptors (Lipinski definition) is 3. The largest absolute Gasteiger partial charge is 0.388 e. The van der Waals surface area contributed by atoms with Gasteiger partial charge in [0.25, 0.3) is 0 Å². The Balaban J connectivity index is 2.77. The highest BCUT2D eigenvalue weighted by atomic mass is 16.3. The molecule has 0 aliphatic heterocycles. The second kappa shape index (κ2) is 5.80. The Morgan fingerprint density at radius 3 is 2.59 bits per heavy atom. The fraction of sp³-hybridized carbons (Fsp3) is 0.462. The van der Waals surface area contributed by atoms with Crippen molar-refractivity contribution in [2.75, 3.05) is 6.54 Å². The monoisotopic (exact) mass is 237 g/mol. The molecule has 0 heterocycles. The molecule has 0 radical (unpaired) electrons. The van der Waals surface area contributed by atoms with E-state index in [0.29, 0.717) is 5.56 Å². The van der Waals surface area contributed by atoms with Crippen LogP contribution in [0.2, 0.25) is 0 Å². The van der Waals surface area contributed by atoms with Gasteiger partial charge < -0.3 is 15.5 Å². The van der Waals surface area contributed by atoms with Gasteiger partial charge in [0.05, 0.1) is 0 Å². The molecule has 94 valence electrons. The van der Waals surface area contributed by atoms with Gasteiger partial charge in [0, 0.05) is 13.5 Å². The molecule has 1 rings (SSSR count). The predicted octanol–water partition coefficient (Wildman–Crippen LogP) is 0.834. The van der Waals surface area contributed by atoms with E-state index >= 15 is 0 Å². The Labute approximate surface area is 101 Å². The first kappa shape index (κ1) is 13.7. The van der Waals surface area contributed by atoms with Crippen molar-refractivity contribution in [2.24, 2.45) is 0 Å². The van der Waals surface area contributed by atoms with Crippen LogP contribution in [0.15, 0.2) is 18.2 Å². The van der Waals surface area contributed by atoms with E-state index < -0.39 is 12.2 Å². The highest BCUT2D eigenvalue weighted by Gasteiger charge is 2.20.